The summed E-state index contributed by atoms with van der Waals surface area (Å²) in [6, 6.07) is 5.25. The number of imidazole rings is 1. The van der Waals surface area contributed by atoms with E-state index in [0.717, 1.165) is 44.6 Å². The number of hydrogen-bond acceptors (Lipinski definition) is 7. The van der Waals surface area contributed by atoms with Gasteiger partial charge in [-0.05, 0) is 49.4 Å². The monoisotopic (exact) mass is 464 g/mol. The van der Waals surface area contributed by atoms with Crippen LogP contribution in [0.4, 0.5) is 5.82 Å². The lowest BCUT2D eigenvalue weighted by Gasteiger charge is -2.33. The second-order valence-corrected chi connectivity index (χ2v) is 10.4. The van der Waals surface area contributed by atoms with Crippen LogP contribution in [0, 0.1) is 0 Å². The summed E-state index contributed by atoms with van der Waals surface area (Å²) in [6.07, 6.45) is 12.8. The number of pyridine rings is 1. The predicted octanol–water partition coefficient (Wildman–Crippen LogP) is 2.34. The van der Waals surface area contributed by atoms with Crippen LogP contribution < -0.4 is 9.62 Å². The number of sulfonamides is 1. The second-order valence-electron chi connectivity index (χ2n) is 8.69. The molecule has 1 aliphatic carbocycles. The van der Waals surface area contributed by atoms with Crippen molar-refractivity contribution in [2.24, 2.45) is 0 Å². The number of H-pyrrole nitrogens is 1. The minimum atomic E-state index is -3.57. The Balaban J connectivity index is 1.32. The summed E-state index contributed by atoms with van der Waals surface area (Å²) in [5, 5.41) is 6.99. The van der Waals surface area contributed by atoms with Crippen LogP contribution in [0.25, 0.3) is 17.2 Å². The van der Waals surface area contributed by atoms with Gasteiger partial charge in [0.15, 0.2) is 5.82 Å². The first kappa shape index (κ1) is 20.3. The van der Waals surface area contributed by atoms with E-state index in [1.54, 1.807) is 35.1 Å². The highest BCUT2D eigenvalue weighted by molar-refractivity contribution is 7.89. The summed E-state index contributed by atoms with van der Waals surface area (Å²) in [5.74, 6) is 1.76. The zero-order valence-corrected chi connectivity index (χ0v) is 18.7. The number of hydrogen-bond donors (Lipinski definition) is 2. The topological polar surface area (TPSA) is 121 Å². The lowest BCUT2D eigenvalue weighted by Crippen LogP contribution is -2.34. The lowest BCUT2D eigenvalue weighted by molar-refractivity contribution is 0.507. The van der Waals surface area contributed by atoms with Crippen LogP contribution in [0.15, 0.2) is 54.1 Å². The second kappa shape index (κ2) is 7.92. The van der Waals surface area contributed by atoms with Gasteiger partial charge in [-0.1, -0.05) is 0 Å². The fourth-order valence-electron chi connectivity index (χ4n) is 4.36. The first-order valence-corrected chi connectivity index (χ1v) is 12.6. The third-order valence-electron chi connectivity index (χ3n) is 6.29. The molecule has 0 aromatic carbocycles. The Kier molecular flexibility index (Phi) is 4.88. The number of fused-ring (bicyclic) bond motifs is 1. The highest BCUT2D eigenvalue weighted by atomic mass is 32.2. The molecule has 0 radical (unpaired) electrons. The average Bonchev–Trinajstić information content (AvgIpc) is 3.30. The average molecular weight is 465 g/mol. The van der Waals surface area contributed by atoms with Crippen molar-refractivity contribution in [1.29, 1.82) is 0 Å². The molecule has 33 heavy (non-hydrogen) atoms. The van der Waals surface area contributed by atoms with E-state index in [-0.39, 0.29) is 10.9 Å². The minimum Gasteiger partial charge on any atom is -0.356 e. The maximum atomic E-state index is 12.7. The van der Waals surface area contributed by atoms with E-state index in [4.69, 9.17) is 4.98 Å². The quantitative estimate of drug-likeness (QED) is 0.449. The molecule has 0 amide bonds. The zero-order valence-electron chi connectivity index (χ0n) is 17.9. The van der Waals surface area contributed by atoms with Gasteiger partial charge in [0, 0.05) is 43.6 Å². The molecule has 4 aromatic heterocycles. The highest BCUT2D eigenvalue weighted by Crippen LogP contribution is 2.30. The normalized spacial score (nSPS) is 19.3. The molecular formula is C22H24N8O2S. The number of aromatic nitrogens is 6. The molecule has 10 nitrogen and oxygen atoms in total. The van der Waals surface area contributed by atoms with Gasteiger partial charge in [0.25, 0.3) is 0 Å². The third kappa shape index (κ3) is 3.98. The molecule has 2 fully saturated rings. The molecule has 2 N–H and O–H groups in total. The summed E-state index contributed by atoms with van der Waals surface area (Å²) in [4.78, 5) is 16.2. The van der Waals surface area contributed by atoms with Gasteiger partial charge in [-0.15, -0.1) is 0 Å². The van der Waals surface area contributed by atoms with Crippen molar-refractivity contribution in [3.05, 3.63) is 54.7 Å². The Morgan fingerprint density at radius 2 is 2.00 bits per heavy atom. The van der Waals surface area contributed by atoms with Crippen LogP contribution >= 0.6 is 0 Å². The summed E-state index contributed by atoms with van der Waals surface area (Å²) in [7, 11) is -3.57. The molecule has 2 aliphatic rings. The van der Waals surface area contributed by atoms with Crippen molar-refractivity contribution in [3.8, 4) is 11.5 Å². The van der Waals surface area contributed by atoms with E-state index < -0.39 is 10.0 Å². The summed E-state index contributed by atoms with van der Waals surface area (Å²) < 4.78 is 29.9. The molecule has 1 atom stereocenters. The maximum Gasteiger partial charge on any atom is 0.242 e. The predicted molar refractivity (Wildman–Crippen MR) is 122 cm³/mol. The van der Waals surface area contributed by atoms with Crippen LogP contribution in [0.1, 0.15) is 37.2 Å². The Morgan fingerprint density at radius 3 is 2.82 bits per heavy atom. The van der Waals surface area contributed by atoms with Crippen molar-refractivity contribution < 1.29 is 8.42 Å². The van der Waals surface area contributed by atoms with Crippen molar-refractivity contribution in [1.82, 2.24) is 34.3 Å². The van der Waals surface area contributed by atoms with Crippen LogP contribution in [-0.4, -0.2) is 57.1 Å². The van der Waals surface area contributed by atoms with Gasteiger partial charge < -0.3 is 4.90 Å². The number of anilines is 1. The first-order valence-electron chi connectivity index (χ1n) is 11.1. The zero-order chi connectivity index (χ0) is 22.4. The number of aromatic amines is 1. The van der Waals surface area contributed by atoms with E-state index in [1.165, 1.54) is 5.56 Å². The van der Waals surface area contributed by atoms with Gasteiger partial charge in [-0.25, -0.2) is 28.1 Å². The number of nitrogens with zero attached hydrogens (tertiary/aromatic N) is 6. The maximum absolute atomic E-state index is 12.7. The van der Waals surface area contributed by atoms with Gasteiger partial charge >= 0.3 is 0 Å². The molecule has 1 saturated heterocycles. The molecule has 1 aliphatic heterocycles. The van der Waals surface area contributed by atoms with Gasteiger partial charge in [0.2, 0.25) is 10.0 Å². The largest absolute Gasteiger partial charge is 0.356 e. The molecular weight excluding hydrogens is 440 g/mol. The lowest BCUT2D eigenvalue weighted by atomic mass is 9.93. The SMILES string of the molecule is O=S(=O)(NC1CC1)c1ccc2ncc(-c3nccc(N4CCCC(c5cn[nH]c5)C4)n3)n2c1. The van der Waals surface area contributed by atoms with E-state index >= 15 is 0 Å². The van der Waals surface area contributed by atoms with Crippen molar-refractivity contribution in [2.75, 3.05) is 18.0 Å². The van der Waals surface area contributed by atoms with Gasteiger partial charge in [0.05, 0.1) is 17.3 Å². The van der Waals surface area contributed by atoms with Gasteiger partial charge in [-0.3, -0.25) is 9.50 Å². The molecule has 6 rings (SSSR count). The summed E-state index contributed by atoms with van der Waals surface area (Å²) in [5.41, 5.74) is 2.50. The van der Waals surface area contributed by atoms with Crippen molar-refractivity contribution >= 4 is 21.5 Å². The number of nitrogens with one attached hydrogen (secondary N) is 2. The molecule has 1 saturated carbocycles. The fourth-order valence-corrected chi connectivity index (χ4v) is 5.67. The van der Waals surface area contributed by atoms with Crippen molar-refractivity contribution in [2.45, 2.75) is 42.5 Å². The Morgan fingerprint density at radius 1 is 1.09 bits per heavy atom. The van der Waals surface area contributed by atoms with E-state index in [9.17, 15) is 8.42 Å². The highest BCUT2D eigenvalue weighted by Gasteiger charge is 2.28. The molecule has 0 spiro atoms. The molecule has 5 heterocycles. The molecule has 11 heteroatoms. The molecule has 0 bridgehead atoms. The summed E-state index contributed by atoms with van der Waals surface area (Å²) in [6.45, 7) is 1.78. The smallest absolute Gasteiger partial charge is 0.242 e. The Labute approximate surface area is 191 Å². The van der Waals surface area contributed by atoms with Gasteiger partial charge in [-0.2, -0.15) is 5.10 Å². The minimum absolute atomic E-state index is 0.0448. The van der Waals surface area contributed by atoms with Crippen LogP contribution in [0.2, 0.25) is 0 Å². The van der Waals surface area contributed by atoms with Gasteiger partial charge in [0.1, 0.15) is 17.2 Å². The number of rotatable bonds is 6. The van der Waals surface area contributed by atoms with E-state index in [2.05, 4.69) is 29.8 Å². The van der Waals surface area contributed by atoms with Crippen LogP contribution in [-0.2, 0) is 10.0 Å². The van der Waals surface area contributed by atoms with E-state index in [1.807, 2.05) is 18.5 Å². The van der Waals surface area contributed by atoms with Crippen LogP contribution in [0.3, 0.4) is 0 Å². The fraction of sp³-hybridized carbons (Fsp3) is 0.364. The Bertz CT molecular complexity index is 1400. The summed E-state index contributed by atoms with van der Waals surface area (Å²) >= 11 is 0. The van der Waals surface area contributed by atoms with E-state index in [0.29, 0.717) is 23.1 Å². The standard InChI is InChI=1S/C22H24N8O2S/c31-33(32,28-17-3-4-17)18-5-6-20-24-12-19(30(20)14-18)22-23-8-7-21(27-22)29-9-1-2-15(13-29)16-10-25-26-11-16/h5-8,10-12,14-15,17,28H,1-4,9,13H2,(H,25,26). The third-order valence-corrected chi connectivity index (χ3v) is 7.80. The van der Waals surface area contributed by atoms with Crippen molar-refractivity contribution in [3.63, 3.8) is 0 Å². The Hall–Kier alpha value is -3.31. The van der Waals surface area contributed by atoms with Crippen LogP contribution in [0.5, 0.6) is 0 Å². The first-order chi connectivity index (χ1) is 16.1. The molecule has 4 aromatic rings. The molecule has 170 valence electrons. The molecule has 1 unspecified atom stereocenters. The number of piperidine rings is 1.